The van der Waals surface area contributed by atoms with Gasteiger partial charge in [0.15, 0.2) is 0 Å². The number of aliphatic hydroxyl groups is 3. The highest BCUT2D eigenvalue weighted by atomic mass is 16.5. The molecule has 12 atom stereocenters. The summed E-state index contributed by atoms with van der Waals surface area (Å²) in [5.41, 5.74) is -0.0882. The number of hydrogen-bond acceptors (Lipinski definition) is 6. The number of fused-ring (bicyclic) bond motifs is 5. The van der Waals surface area contributed by atoms with Crippen molar-refractivity contribution in [2.75, 3.05) is 0 Å². The zero-order valence-electron chi connectivity index (χ0n) is 20.5. The minimum atomic E-state index is -0.583. The molecule has 4 aliphatic rings. The van der Waals surface area contributed by atoms with E-state index in [4.69, 9.17) is 4.52 Å². The van der Waals surface area contributed by atoms with Gasteiger partial charge in [0, 0.05) is 6.42 Å². The topological polar surface area (TPSA) is 120 Å². The molecule has 7 heteroatoms. The van der Waals surface area contributed by atoms with E-state index < -0.39 is 18.0 Å². The van der Waals surface area contributed by atoms with Crippen LogP contribution < -0.4 is 5.76 Å². The van der Waals surface area contributed by atoms with Gasteiger partial charge in [0.05, 0.1) is 18.3 Å². The lowest BCUT2D eigenvalue weighted by atomic mass is 9.40. The maximum Gasteiger partial charge on any atom is 0.459 e. The summed E-state index contributed by atoms with van der Waals surface area (Å²) < 4.78 is 4.77. The van der Waals surface area contributed by atoms with Crippen LogP contribution in [0.2, 0.25) is 0 Å². The van der Waals surface area contributed by atoms with Crippen molar-refractivity contribution in [3.05, 3.63) is 16.4 Å². The van der Waals surface area contributed by atoms with E-state index in [1.54, 1.807) is 0 Å². The lowest BCUT2D eigenvalue weighted by Crippen LogP contribution is -2.65. The molecule has 1 heterocycles. The van der Waals surface area contributed by atoms with Gasteiger partial charge in [0.2, 0.25) is 0 Å². The number of aromatic amines is 1. The van der Waals surface area contributed by atoms with Gasteiger partial charge in [-0.05, 0) is 90.8 Å². The van der Waals surface area contributed by atoms with Crippen molar-refractivity contribution in [1.82, 2.24) is 10.1 Å². The molecule has 4 fully saturated rings. The quantitative estimate of drug-likeness (QED) is 0.546. The molecule has 1 aromatic heterocycles. The van der Waals surface area contributed by atoms with Crippen LogP contribution in [-0.4, -0.2) is 43.8 Å². The van der Waals surface area contributed by atoms with Crippen molar-refractivity contribution < 1.29 is 19.8 Å². The van der Waals surface area contributed by atoms with Crippen LogP contribution in [0.3, 0.4) is 0 Å². The predicted molar refractivity (Wildman–Crippen MR) is 123 cm³/mol. The molecule has 1 aromatic rings. The number of nitrogens with zero attached hydrogens (tertiary/aromatic N) is 1. The van der Waals surface area contributed by atoms with Crippen LogP contribution in [0.4, 0.5) is 0 Å². The maximum absolute atomic E-state index is 11.8. The second kappa shape index (κ2) is 8.20. The monoisotopic (exact) mass is 462 g/mol. The van der Waals surface area contributed by atoms with Crippen LogP contribution in [0.1, 0.15) is 78.5 Å². The van der Waals surface area contributed by atoms with E-state index >= 15 is 0 Å². The van der Waals surface area contributed by atoms with E-state index in [9.17, 15) is 20.1 Å². The zero-order valence-corrected chi connectivity index (χ0v) is 20.5. The van der Waals surface area contributed by atoms with Gasteiger partial charge in [-0.15, -0.1) is 0 Å². The Hall–Kier alpha value is -1.18. The van der Waals surface area contributed by atoms with Crippen molar-refractivity contribution in [3.8, 4) is 0 Å². The molecule has 0 aromatic carbocycles. The number of aliphatic hydroxyl groups excluding tert-OH is 3. The molecule has 0 amide bonds. The molecule has 5 unspecified atom stereocenters. The molecular formula is C26H42N2O5. The molecule has 7 nitrogen and oxygen atoms in total. The second-order valence-electron chi connectivity index (χ2n) is 12.5. The maximum atomic E-state index is 11.8. The van der Waals surface area contributed by atoms with Crippen LogP contribution in [0.15, 0.2) is 9.32 Å². The van der Waals surface area contributed by atoms with Gasteiger partial charge in [-0.3, -0.25) is 0 Å². The number of H-pyrrole nitrogens is 1. The largest absolute Gasteiger partial charge is 0.459 e. The Balaban J connectivity index is 1.46. The van der Waals surface area contributed by atoms with Crippen molar-refractivity contribution in [2.45, 2.75) is 97.4 Å². The van der Waals surface area contributed by atoms with Crippen molar-refractivity contribution in [2.24, 2.45) is 52.3 Å². The number of nitrogens with one attached hydrogen (secondary N) is 1. The number of hydrogen-bond donors (Lipinski definition) is 4. The van der Waals surface area contributed by atoms with Gasteiger partial charge < -0.3 is 19.8 Å². The highest BCUT2D eigenvalue weighted by Crippen LogP contribution is 2.69. The first kappa shape index (κ1) is 23.6. The van der Waals surface area contributed by atoms with Crippen LogP contribution in [0.5, 0.6) is 0 Å². The first-order chi connectivity index (χ1) is 15.6. The Bertz CT molecular complexity index is 914. The Kier molecular flexibility index (Phi) is 5.85. The summed E-state index contributed by atoms with van der Waals surface area (Å²) in [7, 11) is 0. The summed E-state index contributed by atoms with van der Waals surface area (Å²) in [5.74, 6) is 1.71. The van der Waals surface area contributed by atoms with Gasteiger partial charge in [0.25, 0.3) is 0 Å². The molecule has 0 aliphatic heterocycles. The van der Waals surface area contributed by atoms with E-state index in [0.29, 0.717) is 30.0 Å². The van der Waals surface area contributed by atoms with Gasteiger partial charge in [0.1, 0.15) is 5.82 Å². The van der Waals surface area contributed by atoms with Crippen molar-refractivity contribution in [1.29, 1.82) is 0 Å². The van der Waals surface area contributed by atoms with E-state index in [0.717, 1.165) is 44.9 Å². The summed E-state index contributed by atoms with van der Waals surface area (Å²) in [6.07, 6.45) is 5.81. The lowest BCUT2D eigenvalue weighted by Gasteiger charge is -2.66. The summed E-state index contributed by atoms with van der Waals surface area (Å²) in [6.45, 7) is 9.07. The fraction of sp³-hybridized carbons (Fsp3) is 0.923. The predicted octanol–water partition coefficient (Wildman–Crippen LogP) is 3.14. The third-order valence-electron chi connectivity index (χ3n) is 11.1. The molecule has 0 spiro atoms. The standard InChI is InChI=1S/C26H42N2O5/c1-5-15-18-11-14(29)8-9-25(18,3)22-19(30)12-26(4)16(6-7-17(26)21(22)23(15)31)13(2)10-20-27-24(32)33-28-20/h13-19,21-23,29-31H,5-12H2,1-4H3,(H,27,28,32)/t13-,14-,15-,16-,17?,18?,19?,21?,22?,23-,25+,26-/m1/s1. The van der Waals surface area contributed by atoms with Gasteiger partial charge in [-0.2, -0.15) is 4.98 Å². The smallest absolute Gasteiger partial charge is 0.393 e. The number of aromatic nitrogens is 2. The molecular weight excluding hydrogens is 420 g/mol. The van der Waals surface area contributed by atoms with Crippen LogP contribution >= 0.6 is 0 Å². The summed E-state index contributed by atoms with van der Waals surface area (Å²) >= 11 is 0. The van der Waals surface area contributed by atoms with Gasteiger partial charge >= 0.3 is 5.76 Å². The summed E-state index contributed by atoms with van der Waals surface area (Å²) in [5, 5.41) is 36.6. The SMILES string of the molecule is CC[C@@H]1C2C[C@H](O)CC[C@]2(C)C2C(O)C[C@@]3(C)C(CC[C@@H]3[C@H](C)Cc3nc(=O)o[nH]3)C2[C@@H]1O. The minimum absolute atomic E-state index is 0.0333. The van der Waals surface area contributed by atoms with E-state index in [1.807, 2.05) is 0 Å². The Morgan fingerprint density at radius 3 is 2.58 bits per heavy atom. The van der Waals surface area contributed by atoms with Crippen LogP contribution in [-0.2, 0) is 6.42 Å². The van der Waals surface area contributed by atoms with E-state index in [2.05, 4.69) is 37.8 Å². The highest BCUT2D eigenvalue weighted by Gasteiger charge is 2.67. The average molecular weight is 463 g/mol. The van der Waals surface area contributed by atoms with Gasteiger partial charge in [-0.25, -0.2) is 9.95 Å². The molecule has 5 rings (SSSR count). The third kappa shape index (κ3) is 3.48. The second-order valence-corrected chi connectivity index (χ2v) is 12.5. The Morgan fingerprint density at radius 2 is 1.91 bits per heavy atom. The summed E-state index contributed by atoms with van der Waals surface area (Å²) in [6, 6.07) is 0. The van der Waals surface area contributed by atoms with E-state index in [-0.39, 0.29) is 40.6 Å². The molecule has 4 aliphatic carbocycles. The molecule has 0 bridgehead atoms. The van der Waals surface area contributed by atoms with E-state index in [1.165, 1.54) is 0 Å². The van der Waals surface area contributed by atoms with Crippen LogP contribution in [0.25, 0.3) is 0 Å². The minimum Gasteiger partial charge on any atom is -0.393 e. The zero-order chi connectivity index (χ0) is 23.7. The highest BCUT2D eigenvalue weighted by molar-refractivity contribution is 5.16. The summed E-state index contributed by atoms with van der Waals surface area (Å²) in [4.78, 5) is 15.3. The van der Waals surface area contributed by atoms with Crippen LogP contribution in [0, 0.1) is 52.3 Å². The lowest BCUT2D eigenvalue weighted by molar-refractivity contribution is -0.235. The normalized spacial score (nSPS) is 50.3. The Morgan fingerprint density at radius 1 is 1.15 bits per heavy atom. The molecule has 4 saturated carbocycles. The first-order valence-corrected chi connectivity index (χ1v) is 13.2. The molecule has 0 radical (unpaired) electrons. The van der Waals surface area contributed by atoms with Crippen molar-refractivity contribution in [3.63, 3.8) is 0 Å². The fourth-order valence-electron chi connectivity index (χ4n) is 9.84. The molecule has 186 valence electrons. The van der Waals surface area contributed by atoms with Crippen molar-refractivity contribution >= 4 is 0 Å². The first-order valence-electron chi connectivity index (χ1n) is 13.2. The molecule has 0 saturated heterocycles. The number of rotatable bonds is 4. The third-order valence-corrected chi connectivity index (χ3v) is 11.1. The molecule has 4 N–H and O–H groups in total. The average Bonchev–Trinajstić information content (AvgIpc) is 3.31. The Labute approximate surface area is 196 Å². The van der Waals surface area contributed by atoms with Gasteiger partial charge in [-0.1, -0.05) is 34.1 Å². The molecule has 33 heavy (non-hydrogen) atoms. The fourth-order valence-corrected chi connectivity index (χ4v) is 9.84.